The fourth-order valence-corrected chi connectivity index (χ4v) is 3.65. The van der Waals surface area contributed by atoms with Crippen LogP contribution in [0.4, 0.5) is 0 Å². The molecule has 1 aromatic carbocycles. The van der Waals surface area contributed by atoms with Crippen LogP contribution >= 0.6 is 11.3 Å². The molecule has 20 heavy (non-hydrogen) atoms. The molecule has 0 amide bonds. The molecule has 2 aromatic heterocycles. The zero-order valence-electron chi connectivity index (χ0n) is 11.6. The number of hydrogen-bond acceptors (Lipinski definition) is 4. The van der Waals surface area contributed by atoms with Gasteiger partial charge in [-0.15, -0.1) is 5.10 Å². The Hall–Kier alpha value is -1.72. The number of nitrogens with one attached hydrogen (secondary N) is 1. The molecule has 102 valence electrons. The van der Waals surface area contributed by atoms with E-state index in [1.54, 1.807) is 11.3 Å². The lowest BCUT2D eigenvalue weighted by Crippen LogP contribution is -2.32. The second-order valence-electron chi connectivity index (χ2n) is 5.45. The van der Waals surface area contributed by atoms with E-state index in [-0.39, 0.29) is 0 Å². The van der Waals surface area contributed by atoms with Crippen LogP contribution in [0.3, 0.4) is 0 Å². The molecule has 0 fully saturated rings. The number of aromatic nitrogens is 3. The van der Waals surface area contributed by atoms with Gasteiger partial charge in [-0.2, -0.15) is 4.98 Å². The molecule has 4 rings (SSSR count). The Morgan fingerprint density at radius 2 is 2.10 bits per heavy atom. The first kappa shape index (κ1) is 12.1. The second-order valence-corrected chi connectivity index (χ2v) is 6.52. The number of rotatable bonds is 1. The van der Waals surface area contributed by atoms with E-state index in [2.05, 4.69) is 48.4 Å². The summed E-state index contributed by atoms with van der Waals surface area (Å²) in [5, 5.41) is 8.19. The molecule has 4 nitrogen and oxygen atoms in total. The largest absolute Gasteiger partial charge is 0.309 e. The topological polar surface area (TPSA) is 42.2 Å². The second kappa shape index (κ2) is 4.40. The van der Waals surface area contributed by atoms with Gasteiger partial charge < -0.3 is 5.32 Å². The maximum atomic E-state index is 4.71. The van der Waals surface area contributed by atoms with Gasteiger partial charge in [-0.05, 0) is 13.8 Å². The fraction of sp³-hybridized carbons (Fsp3) is 0.333. The molecular weight excluding hydrogens is 268 g/mol. The smallest absolute Gasteiger partial charge is 0.213 e. The molecule has 3 aromatic rings. The Bertz CT molecular complexity index is 769. The van der Waals surface area contributed by atoms with Crippen LogP contribution in [-0.2, 0) is 13.0 Å². The predicted molar refractivity (Wildman–Crippen MR) is 81.0 cm³/mol. The lowest BCUT2D eigenvalue weighted by molar-refractivity contribution is 0.505. The van der Waals surface area contributed by atoms with Crippen molar-refractivity contribution in [2.45, 2.75) is 32.9 Å². The molecule has 0 aliphatic carbocycles. The van der Waals surface area contributed by atoms with Crippen molar-refractivity contribution in [3.63, 3.8) is 0 Å². The van der Waals surface area contributed by atoms with Crippen molar-refractivity contribution < 1.29 is 0 Å². The highest BCUT2D eigenvalue weighted by Gasteiger charge is 2.22. The highest BCUT2D eigenvalue weighted by atomic mass is 32.1. The van der Waals surface area contributed by atoms with Crippen LogP contribution < -0.4 is 5.32 Å². The minimum Gasteiger partial charge on any atom is -0.309 e. The van der Waals surface area contributed by atoms with Gasteiger partial charge in [-0.25, -0.2) is 4.52 Å². The minimum atomic E-state index is 0.507. The van der Waals surface area contributed by atoms with Crippen molar-refractivity contribution in [1.29, 1.82) is 0 Å². The zero-order valence-corrected chi connectivity index (χ0v) is 12.4. The molecule has 0 radical (unpaired) electrons. The molecule has 0 spiro atoms. The van der Waals surface area contributed by atoms with E-state index in [0.29, 0.717) is 6.04 Å². The first-order chi connectivity index (χ1) is 9.70. The first-order valence-electron chi connectivity index (χ1n) is 6.88. The highest BCUT2D eigenvalue weighted by Crippen LogP contribution is 2.28. The summed E-state index contributed by atoms with van der Waals surface area (Å²) in [5.74, 6) is 0.824. The summed E-state index contributed by atoms with van der Waals surface area (Å²) < 4.78 is 2.03. The summed E-state index contributed by atoms with van der Waals surface area (Å²) in [6.45, 7) is 5.24. The van der Waals surface area contributed by atoms with Crippen molar-refractivity contribution in [3.05, 3.63) is 40.4 Å². The van der Waals surface area contributed by atoms with Gasteiger partial charge in [0, 0.05) is 29.4 Å². The number of benzene rings is 1. The van der Waals surface area contributed by atoms with Crippen molar-refractivity contribution in [2.75, 3.05) is 0 Å². The summed E-state index contributed by atoms with van der Waals surface area (Å²) in [6, 6.07) is 8.89. The average molecular weight is 284 g/mol. The minimum absolute atomic E-state index is 0.507. The maximum absolute atomic E-state index is 4.71. The van der Waals surface area contributed by atoms with Crippen LogP contribution in [-0.4, -0.2) is 20.6 Å². The molecule has 0 bridgehead atoms. The normalized spacial score (nSPS) is 18.4. The van der Waals surface area contributed by atoms with Gasteiger partial charge in [0.05, 0.1) is 5.69 Å². The van der Waals surface area contributed by atoms with Crippen LogP contribution in [0.2, 0.25) is 0 Å². The maximum Gasteiger partial charge on any atom is 0.213 e. The Labute approximate surface area is 121 Å². The Morgan fingerprint density at radius 3 is 2.90 bits per heavy atom. The van der Waals surface area contributed by atoms with Gasteiger partial charge in [-0.3, -0.25) is 0 Å². The molecular formula is C15H16N4S. The van der Waals surface area contributed by atoms with Gasteiger partial charge >= 0.3 is 0 Å². The van der Waals surface area contributed by atoms with E-state index in [4.69, 9.17) is 5.10 Å². The van der Waals surface area contributed by atoms with E-state index in [0.717, 1.165) is 29.3 Å². The van der Waals surface area contributed by atoms with E-state index in [1.807, 2.05) is 4.52 Å². The van der Waals surface area contributed by atoms with Crippen LogP contribution in [0.1, 0.15) is 23.1 Å². The van der Waals surface area contributed by atoms with Crippen molar-refractivity contribution in [2.24, 2.45) is 0 Å². The lowest BCUT2D eigenvalue weighted by atomic mass is 10.1. The number of hydrogen-bond donors (Lipinski definition) is 1. The van der Waals surface area contributed by atoms with Gasteiger partial charge in [0.1, 0.15) is 0 Å². The molecule has 3 heterocycles. The monoisotopic (exact) mass is 284 g/mol. The first-order valence-corrected chi connectivity index (χ1v) is 7.70. The Balaban J connectivity index is 1.82. The molecule has 0 saturated carbocycles. The molecule has 1 aliphatic heterocycles. The number of thiazole rings is 1. The zero-order chi connectivity index (χ0) is 13.7. The van der Waals surface area contributed by atoms with Crippen molar-refractivity contribution in [3.8, 4) is 11.4 Å². The summed E-state index contributed by atoms with van der Waals surface area (Å²) in [6.07, 6.45) is 1.02. The molecule has 1 N–H and O–H groups in total. The van der Waals surface area contributed by atoms with Crippen LogP contribution in [0.5, 0.6) is 0 Å². The van der Waals surface area contributed by atoms with Crippen LogP contribution in [0.25, 0.3) is 16.3 Å². The SMILES string of the molecule is Cc1ccc(-c2nc3sc4c(n3n2)CC(C)NC4)cc1. The standard InChI is InChI=1S/C15H16N4S/c1-9-3-5-11(6-4-9)14-17-15-19(18-14)12-7-10(2)16-8-13(12)20-15/h3-6,10,16H,7-8H2,1-2H3. The summed E-state index contributed by atoms with van der Waals surface area (Å²) in [4.78, 5) is 7.06. The molecule has 1 atom stereocenters. The number of fused-ring (bicyclic) bond motifs is 3. The van der Waals surface area contributed by atoms with E-state index in [1.165, 1.54) is 16.1 Å². The lowest BCUT2D eigenvalue weighted by Gasteiger charge is -2.19. The van der Waals surface area contributed by atoms with Gasteiger partial charge in [0.2, 0.25) is 4.96 Å². The van der Waals surface area contributed by atoms with Crippen LogP contribution in [0.15, 0.2) is 24.3 Å². The van der Waals surface area contributed by atoms with Crippen molar-refractivity contribution >= 4 is 16.3 Å². The van der Waals surface area contributed by atoms with Gasteiger partial charge in [0.25, 0.3) is 0 Å². The third kappa shape index (κ3) is 1.85. The molecule has 0 saturated heterocycles. The Morgan fingerprint density at radius 1 is 1.30 bits per heavy atom. The summed E-state index contributed by atoms with van der Waals surface area (Å²) in [7, 11) is 0. The van der Waals surface area contributed by atoms with Gasteiger partial charge in [-0.1, -0.05) is 41.2 Å². The summed E-state index contributed by atoms with van der Waals surface area (Å²) >= 11 is 1.75. The average Bonchev–Trinajstić information content (AvgIpc) is 2.98. The molecule has 5 heteroatoms. The molecule has 1 aliphatic rings. The summed E-state index contributed by atoms with van der Waals surface area (Å²) in [5.41, 5.74) is 3.66. The quantitative estimate of drug-likeness (QED) is 0.747. The van der Waals surface area contributed by atoms with Gasteiger partial charge in [0.15, 0.2) is 5.82 Å². The third-order valence-electron chi connectivity index (χ3n) is 3.79. The van der Waals surface area contributed by atoms with E-state index < -0.39 is 0 Å². The Kier molecular flexibility index (Phi) is 2.65. The highest BCUT2D eigenvalue weighted by molar-refractivity contribution is 7.17. The number of aryl methyl sites for hydroxylation is 1. The van der Waals surface area contributed by atoms with E-state index >= 15 is 0 Å². The predicted octanol–water partition coefficient (Wildman–Crippen LogP) is 2.80. The van der Waals surface area contributed by atoms with Crippen molar-refractivity contribution in [1.82, 2.24) is 19.9 Å². The fourth-order valence-electron chi connectivity index (χ4n) is 2.62. The van der Waals surface area contributed by atoms with Crippen LogP contribution in [0, 0.1) is 6.92 Å². The third-order valence-corrected chi connectivity index (χ3v) is 4.86. The van der Waals surface area contributed by atoms with E-state index in [9.17, 15) is 0 Å². The number of nitrogens with zero attached hydrogens (tertiary/aromatic N) is 3. The molecule has 1 unspecified atom stereocenters.